The highest BCUT2D eigenvalue weighted by Gasteiger charge is 2.18. The van der Waals surface area contributed by atoms with E-state index in [0.29, 0.717) is 0 Å². The van der Waals surface area contributed by atoms with Crippen LogP contribution in [0.3, 0.4) is 0 Å². The van der Waals surface area contributed by atoms with E-state index < -0.39 is 0 Å². The van der Waals surface area contributed by atoms with E-state index in [0.717, 1.165) is 31.3 Å². The topological polar surface area (TPSA) is 48.9 Å². The van der Waals surface area contributed by atoms with Gasteiger partial charge in [-0.1, -0.05) is 26.0 Å². The molecule has 0 spiro atoms. The van der Waals surface area contributed by atoms with Crippen molar-refractivity contribution in [3.63, 3.8) is 0 Å². The van der Waals surface area contributed by atoms with Gasteiger partial charge in [-0.25, -0.2) is 0 Å². The Morgan fingerprint density at radius 1 is 1.33 bits per heavy atom. The van der Waals surface area contributed by atoms with Crippen LogP contribution in [0.25, 0.3) is 0 Å². The first-order valence-electron chi connectivity index (χ1n) is 7.46. The average Bonchev–Trinajstić information content (AvgIpc) is 2.55. The zero-order valence-electron chi connectivity index (χ0n) is 13.8. The van der Waals surface area contributed by atoms with Crippen LogP contribution in [-0.4, -0.2) is 51.7 Å². The Balaban J connectivity index is 2.95. The van der Waals surface area contributed by atoms with Crippen LogP contribution in [0.15, 0.2) is 29.3 Å². The molecule has 0 aromatic heterocycles. The van der Waals surface area contributed by atoms with Gasteiger partial charge < -0.3 is 15.4 Å². The SMILES string of the molecule is CCN(CC)C(CNC(=NC)NC)c1cccc(OC)c1. The van der Waals surface area contributed by atoms with Crippen LogP contribution in [-0.2, 0) is 0 Å². The molecule has 0 heterocycles. The summed E-state index contributed by atoms with van der Waals surface area (Å²) in [7, 11) is 5.34. The molecule has 1 aromatic carbocycles. The van der Waals surface area contributed by atoms with E-state index in [-0.39, 0.29) is 6.04 Å². The summed E-state index contributed by atoms with van der Waals surface area (Å²) in [4.78, 5) is 6.59. The van der Waals surface area contributed by atoms with Crippen LogP contribution in [0.1, 0.15) is 25.5 Å². The molecule has 1 unspecified atom stereocenters. The number of benzene rings is 1. The Hall–Kier alpha value is -1.75. The molecule has 21 heavy (non-hydrogen) atoms. The second-order valence-corrected chi connectivity index (χ2v) is 4.72. The van der Waals surface area contributed by atoms with Crippen LogP contribution in [0.5, 0.6) is 5.75 Å². The van der Waals surface area contributed by atoms with Gasteiger partial charge >= 0.3 is 0 Å². The molecular weight excluding hydrogens is 264 g/mol. The minimum absolute atomic E-state index is 0.278. The molecule has 0 aliphatic rings. The fourth-order valence-corrected chi connectivity index (χ4v) is 2.44. The second kappa shape index (κ2) is 9.23. The van der Waals surface area contributed by atoms with Gasteiger partial charge in [0.15, 0.2) is 5.96 Å². The smallest absolute Gasteiger partial charge is 0.190 e. The second-order valence-electron chi connectivity index (χ2n) is 4.72. The van der Waals surface area contributed by atoms with Crippen LogP contribution in [0.2, 0.25) is 0 Å². The maximum absolute atomic E-state index is 5.34. The predicted octanol–water partition coefficient (Wildman–Crippen LogP) is 1.87. The number of guanidine groups is 1. The number of ether oxygens (including phenoxy) is 1. The molecule has 1 aromatic rings. The highest BCUT2D eigenvalue weighted by Crippen LogP contribution is 2.23. The highest BCUT2D eigenvalue weighted by atomic mass is 16.5. The molecule has 0 aliphatic carbocycles. The molecule has 0 aliphatic heterocycles. The quantitative estimate of drug-likeness (QED) is 0.595. The van der Waals surface area contributed by atoms with Crippen LogP contribution >= 0.6 is 0 Å². The monoisotopic (exact) mass is 292 g/mol. The lowest BCUT2D eigenvalue weighted by Crippen LogP contribution is -2.42. The van der Waals surface area contributed by atoms with E-state index in [1.54, 1.807) is 14.2 Å². The van der Waals surface area contributed by atoms with E-state index in [9.17, 15) is 0 Å². The van der Waals surface area contributed by atoms with Gasteiger partial charge in [0.2, 0.25) is 0 Å². The number of aliphatic imine (C=N–C) groups is 1. The predicted molar refractivity (Wildman–Crippen MR) is 89.1 cm³/mol. The zero-order valence-corrected chi connectivity index (χ0v) is 13.8. The Bertz CT molecular complexity index is 444. The van der Waals surface area contributed by atoms with E-state index in [1.165, 1.54) is 5.56 Å². The first-order valence-corrected chi connectivity index (χ1v) is 7.46. The summed E-state index contributed by atoms with van der Waals surface area (Å²) in [5.41, 5.74) is 1.25. The van der Waals surface area contributed by atoms with Crippen molar-refractivity contribution in [3.05, 3.63) is 29.8 Å². The molecular formula is C16H28N4O. The lowest BCUT2D eigenvalue weighted by atomic mass is 10.0. The van der Waals surface area contributed by atoms with Crippen molar-refractivity contribution in [3.8, 4) is 5.75 Å². The van der Waals surface area contributed by atoms with Gasteiger partial charge in [0.1, 0.15) is 5.75 Å². The molecule has 1 rings (SSSR count). The van der Waals surface area contributed by atoms with Crippen molar-refractivity contribution in [2.24, 2.45) is 4.99 Å². The zero-order chi connectivity index (χ0) is 15.7. The number of rotatable bonds is 7. The van der Waals surface area contributed by atoms with Crippen LogP contribution < -0.4 is 15.4 Å². The van der Waals surface area contributed by atoms with Gasteiger partial charge in [0.05, 0.1) is 13.2 Å². The average molecular weight is 292 g/mol. The summed E-state index contributed by atoms with van der Waals surface area (Å²) >= 11 is 0. The first-order chi connectivity index (χ1) is 10.2. The Kier molecular flexibility index (Phi) is 7.61. The summed E-state index contributed by atoms with van der Waals surface area (Å²) < 4.78 is 5.34. The molecule has 0 amide bonds. The van der Waals surface area contributed by atoms with Gasteiger partial charge in [-0.3, -0.25) is 9.89 Å². The van der Waals surface area contributed by atoms with Crippen molar-refractivity contribution < 1.29 is 4.74 Å². The maximum atomic E-state index is 5.34. The summed E-state index contributed by atoms with van der Waals surface area (Å²) in [6, 6.07) is 8.54. The van der Waals surface area contributed by atoms with Crippen molar-refractivity contribution in [2.45, 2.75) is 19.9 Å². The number of likely N-dealkylation sites (N-methyl/N-ethyl adjacent to an activating group) is 1. The molecule has 0 fully saturated rings. The van der Waals surface area contributed by atoms with Gasteiger partial charge in [-0.2, -0.15) is 0 Å². The van der Waals surface area contributed by atoms with Crippen molar-refractivity contribution >= 4 is 5.96 Å². The number of methoxy groups -OCH3 is 1. The van der Waals surface area contributed by atoms with Crippen LogP contribution in [0, 0.1) is 0 Å². The van der Waals surface area contributed by atoms with Gasteiger partial charge in [-0.15, -0.1) is 0 Å². The molecule has 118 valence electrons. The van der Waals surface area contributed by atoms with E-state index in [1.807, 2.05) is 19.2 Å². The van der Waals surface area contributed by atoms with Crippen molar-refractivity contribution in [2.75, 3.05) is 40.8 Å². The molecule has 0 saturated carbocycles. The number of hydrogen-bond acceptors (Lipinski definition) is 3. The normalized spacial score (nSPS) is 13.1. The largest absolute Gasteiger partial charge is 0.497 e. The lowest BCUT2D eigenvalue weighted by molar-refractivity contribution is 0.218. The van der Waals surface area contributed by atoms with Gasteiger partial charge in [0.25, 0.3) is 0 Å². The summed E-state index contributed by atoms with van der Waals surface area (Å²) in [5.74, 6) is 1.69. The highest BCUT2D eigenvalue weighted by molar-refractivity contribution is 5.79. The third-order valence-corrected chi connectivity index (χ3v) is 3.65. The molecule has 0 radical (unpaired) electrons. The molecule has 5 heteroatoms. The van der Waals surface area contributed by atoms with E-state index in [2.05, 4.69) is 46.5 Å². The third kappa shape index (κ3) is 4.93. The molecule has 5 nitrogen and oxygen atoms in total. The number of nitrogens with one attached hydrogen (secondary N) is 2. The van der Waals surface area contributed by atoms with Crippen molar-refractivity contribution in [1.29, 1.82) is 0 Å². The van der Waals surface area contributed by atoms with Gasteiger partial charge in [-0.05, 0) is 30.8 Å². The maximum Gasteiger partial charge on any atom is 0.190 e. The van der Waals surface area contributed by atoms with E-state index >= 15 is 0 Å². The lowest BCUT2D eigenvalue weighted by Gasteiger charge is -2.31. The fourth-order valence-electron chi connectivity index (χ4n) is 2.44. The minimum atomic E-state index is 0.278. The molecule has 1 atom stereocenters. The fraction of sp³-hybridized carbons (Fsp3) is 0.562. The molecule has 0 bridgehead atoms. The summed E-state index contributed by atoms with van der Waals surface area (Å²) in [5, 5.41) is 6.41. The number of nitrogens with zero attached hydrogens (tertiary/aromatic N) is 2. The molecule has 0 saturated heterocycles. The Morgan fingerprint density at radius 3 is 2.57 bits per heavy atom. The summed E-state index contributed by atoms with van der Waals surface area (Å²) in [6.45, 7) is 7.16. The van der Waals surface area contributed by atoms with Crippen molar-refractivity contribution in [1.82, 2.24) is 15.5 Å². The summed E-state index contributed by atoms with van der Waals surface area (Å²) in [6.07, 6.45) is 0. The first kappa shape index (κ1) is 17.3. The van der Waals surface area contributed by atoms with Crippen LogP contribution in [0.4, 0.5) is 0 Å². The third-order valence-electron chi connectivity index (χ3n) is 3.65. The Labute approximate surface area is 128 Å². The standard InChI is InChI=1S/C16H28N4O/c1-6-20(7-2)15(12-19-16(17-3)18-4)13-9-8-10-14(11-13)21-5/h8-11,15H,6-7,12H2,1-5H3,(H2,17,18,19). The van der Waals surface area contributed by atoms with Gasteiger partial charge in [0, 0.05) is 20.6 Å². The minimum Gasteiger partial charge on any atom is -0.497 e. The number of hydrogen-bond donors (Lipinski definition) is 2. The molecule has 2 N–H and O–H groups in total. The van der Waals surface area contributed by atoms with E-state index in [4.69, 9.17) is 4.74 Å². The Morgan fingerprint density at radius 2 is 2.05 bits per heavy atom.